The van der Waals surface area contributed by atoms with Crippen molar-refractivity contribution in [2.75, 3.05) is 35.8 Å². The third kappa shape index (κ3) is 7.38. The summed E-state index contributed by atoms with van der Waals surface area (Å²) in [5.41, 5.74) is 8.51. The number of hydrogen-bond donors (Lipinski definition) is 0. The zero-order valence-corrected chi connectivity index (χ0v) is 33.6. The lowest BCUT2D eigenvalue weighted by molar-refractivity contribution is 0.0992. The summed E-state index contributed by atoms with van der Waals surface area (Å²) in [4.78, 5) is 61.6. The summed E-state index contributed by atoms with van der Waals surface area (Å²) < 4.78 is 6.43. The number of furan rings is 1. The Bertz CT molecular complexity index is 2940. The summed E-state index contributed by atoms with van der Waals surface area (Å²) in [5.74, 6) is -1.23. The van der Waals surface area contributed by atoms with Crippen LogP contribution in [0.4, 0.5) is 17.1 Å². The number of benzene rings is 5. The van der Waals surface area contributed by atoms with E-state index in [9.17, 15) is 14.4 Å². The molecule has 296 valence electrons. The third-order valence-corrected chi connectivity index (χ3v) is 10.8. The second-order valence-electron chi connectivity index (χ2n) is 14.6. The lowest BCUT2D eigenvalue weighted by Crippen LogP contribution is -2.31. The number of amides is 3. The minimum Gasteiger partial charge on any atom is -0.455 e. The van der Waals surface area contributed by atoms with Gasteiger partial charge >= 0.3 is 0 Å². The number of para-hydroxylation sites is 1. The molecule has 0 atom stereocenters. The van der Waals surface area contributed by atoms with Crippen molar-refractivity contribution in [1.29, 1.82) is 0 Å². The van der Waals surface area contributed by atoms with Crippen LogP contribution in [0.5, 0.6) is 0 Å². The van der Waals surface area contributed by atoms with Crippen molar-refractivity contribution in [2.24, 2.45) is 0 Å². The molecule has 0 unspecified atom stereocenters. The second kappa shape index (κ2) is 16.2. The van der Waals surface area contributed by atoms with Gasteiger partial charge in [0.05, 0.1) is 28.2 Å². The summed E-state index contributed by atoms with van der Waals surface area (Å²) in [6, 6.07) is 48.1. The highest BCUT2D eigenvalue weighted by molar-refractivity contribution is 6.20. The maximum atomic E-state index is 14.8. The van der Waals surface area contributed by atoms with Crippen LogP contribution >= 0.6 is 0 Å². The standard InChI is InChI=1S/C51H38N6O4/c1-55(38-21-17-33(18-22-38)42-13-6-9-27-52-42)49(58)35-30-36(50(59)56(2)39-23-19-34(20-24-39)43-14-7-10-28-53-43)32-37(31-35)51(60)57(3)45-26-25-40(44-15-8-11-29-54-44)48-47(45)41-12-4-5-16-46(41)61-48/h4-32H,1-3H3. The summed E-state index contributed by atoms with van der Waals surface area (Å²) in [6.07, 6.45) is 5.19. The van der Waals surface area contributed by atoms with Gasteiger partial charge in [-0.1, -0.05) is 60.7 Å². The Kier molecular flexibility index (Phi) is 10.2. The number of nitrogens with zero attached hydrogens (tertiary/aromatic N) is 6. The Morgan fingerprint density at radius 3 is 1.38 bits per heavy atom. The van der Waals surface area contributed by atoms with E-state index < -0.39 is 17.7 Å². The molecular formula is C51H38N6O4. The van der Waals surface area contributed by atoms with Crippen LogP contribution in [0.3, 0.4) is 0 Å². The molecule has 0 aliphatic carbocycles. The first-order valence-electron chi connectivity index (χ1n) is 19.6. The number of fused-ring (bicyclic) bond motifs is 3. The van der Waals surface area contributed by atoms with Crippen molar-refractivity contribution >= 4 is 56.7 Å². The molecule has 0 fully saturated rings. The van der Waals surface area contributed by atoms with Gasteiger partial charge in [0.2, 0.25) is 0 Å². The zero-order chi connectivity index (χ0) is 42.0. The smallest absolute Gasteiger partial charge is 0.258 e. The Balaban J connectivity index is 1.10. The Morgan fingerprint density at radius 1 is 0.459 bits per heavy atom. The quantitative estimate of drug-likeness (QED) is 0.143. The van der Waals surface area contributed by atoms with Crippen LogP contribution in [-0.2, 0) is 0 Å². The van der Waals surface area contributed by atoms with Gasteiger partial charge in [0.25, 0.3) is 17.7 Å². The van der Waals surface area contributed by atoms with Gasteiger partial charge in [-0.2, -0.15) is 0 Å². The van der Waals surface area contributed by atoms with Crippen LogP contribution in [0.2, 0.25) is 0 Å². The molecule has 0 bridgehead atoms. The van der Waals surface area contributed by atoms with Crippen molar-refractivity contribution in [2.45, 2.75) is 0 Å². The lowest BCUT2D eigenvalue weighted by atomic mass is 10.0. The Hall–Kier alpha value is -8.24. The molecule has 10 heteroatoms. The molecule has 0 saturated carbocycles. The minimum absolute atomic E-state index is 0.157. The average molecular weight is 799 g/mol. The van der Waals surface area contributed by atoms with Gasteiger partial charge in [-0.15, -0.1) is 0 Å². The van der Waals surface area contributed by atoms with Crippen molar-refractivity contribution in [1.82, 2.24) is 15.0 Å². The van der Waals surface area contributed by atoms with E-state index in [-0.39, 0.29) is 16.7 Å². The maximum absolute atomic E-state index is 14.8. The van der Waals surface area contributed by atoms with Gasteiger partial charge in [-0.05, 0) is 97.1 Å². The van der Waals surface area contributed by atoms with E-state index in [1.807, 2.05) is 140 Å². The molecule has 0 aliphatic rings. The fourth-order valence-corrected chi connectivity index (χ4v) is 7.52. The zero-order valence-electron chi connectivity index (χ0n) is 33.6. The van der Waals surface area contributed by atoms with E-state index >= 15 is 0 Å². The number of aromatic nitrogens is 3. The maximum Gasteiger partial charge on any atom is 0.258 e. The van der Waals surface area contributed by atoms with E-state index in [1.165, 1.54) is 14.7 Å². The molecule has 10 nitrogen and oxygen atoms in total. The predicted octanol–water partition coefficient (Wildman–Crippen LogP) is 10.6. The summed E-state index contributed by atoms with van der Waals surface area (Å²) >= 11 is 0. The molecule has 61 heavy (non-hydrogen) atoms. The molecule has 3 amide bonds. The predicted molar refractivity (Wildman–Crippen MR) is 241 cm³/mol. The number of rotatable bonds is 9. The van der Waals surface area contributed by atoms with Crippen LogP contribution in [-0.4, -0.2) is 53.8 Å². The van der Waals surface area contributed by atoms with Crippen LogP contribution < -0.4 is 14.7 Å². The molecule has 0 spiro atoms. The molecule has 0 N–H and O–H groups in total. The molecule has 0 radical (unpaired) electrons. The SMILES string of the molecule is CN(C(=O)c1cc(C(=O)N(C)c2ccc(-c3ccccn3)cc2)cc(C(=O)N(C)c2ccc(-c3ccccn3)c3oc4ccccc4c23)c1)c1ccc(-c2ccccn2)cc1. The van der Waals surface area contributed by atoms with E-state index in [1.54, 1.807) is 57.9 Å². The molecule has 9 rings (SSSR count). The molecule has 9 aromatic rings. The van der Waals surface area contributed by atoms with Crippen molar-refractivity contribution in [3.8, 4) is 33.8 Å². The monoisotopic (exact) mass is 798 g/mol. The normalized spacial score (nSPS) is 11.1. The number of carbonyl (C=O) groups excluding carboxylic acids is 3. The third-order valence-electron chi connectivity index (χ3n) is 10.8. The molecule has 4 aromatic heterocycles. The first-order valence-corrected chi connectivity index (χ1v) is 19.6. The van der Waals surface area contributed by atoms with Crippen LogP contribution in [0, 0.1) is 0 Å². The number of hydrogen-bond acceptors (Lipinski definition) is 7. The van der Waals surface area contributed by atoms with E-state index in [4.69, 9.17) is 4.42 Å². The average Bonchev–Trinajstić information content (AvgIpc) is 3.73. The first kappa shape index (κ1) is 38.3. The number of anilines is 3. The fourth-order valence-electron chi connectivity index (χ4n) is 7.52. The summed E-state index contributed by atoms with van der Waals surface area (Å²) in [6.45, 7) is 0. The highest BCUT2D eigenvalue weighted by Crippen LogP contribution is 2.41. The molecule has 5 aromatic carbocycles. The van der Waals surface area contributed by atoms with Gasteiger partial charge in [-0.3, -0.25) is 29.3 Å². The first-order chi connectivity index (χ1) is 29.7. The van der Waals surface area contributed by atoms with E-state index in [0.717, 1.165) is 44.5 Å². The summed E-state index contributed by atoms with van der Waals surface area (Å²) in [5, 5.41) is 1.57. The van der Waals surface area contributed by atoms with E-state index in [0.29, 0.717) is 28.2 Å². The molecule has 0 aliphatic heterocycles. The Morgan fingerprint density at radius 2 is 0.902 bits per heavy atom. The van der Waals surface area contributed by atoms with Crippen LogP contribution in [0.25, 0.3) is 55.7 Å². The highest BCUT2D eigenvalue weighted by Gasteiger charge is 2.26. The van der Waals surface area contributed by atoms with Crippen LogP contribution in [0.15, 0.2) is 181 Å². The summed E-state index contributed by atoms with van der Waals surface area (Å²) in [7, 11) is 5.01. The van der Waals surface area contributed by atoms with Gasteiger partial charge in [0.15, 0.2) is 0 Å². The molecular weight excluding hydrogens is 761 g/mol. The largest absolute Gasteiger partial charge is 0.455 e. The molecule has 4 heterocycles. The van der Waals surface area contributed by atoms with Gasteiger partial charge in [0.1, 0.15) is 11.2 Å². The topological polar surface area (TPSA) is 113 Å². The highest BCUT2D eigenvalue weighted by atomic mass is 16.3. The van der Waals surface area contributed by atoms with Crippen molar-refractivity contribution in [3.63, 3.8) is 0 Å². The lowest BCUT2D eigenvalue weighted by Gasteiger charge is -2.23. The van der Waals surface area contributed by atoms with Gasteiger partial charge in [0, 0.05) is 89.9 Å². The van der Waals surface area contributed by atoms with Crippen molar-refractivity contribution < 1.29 is 18.8 Å². The minimum atomic E-state index is -0.425. The number of pyridine rings is 3. The van der Waals surface area contributed by atoms with Crippen molar-refractivity contribution in [3.05, 3.63) is 193 Å². The van der Waals surface area contributed by atoms with Gasteiger partial charge in [-0.25, -0.2) is 0 Å². The van der Waals surface area contributed by atoms with E-state index in [2.05, 4.69) is 15.0 Å². The number of carbonyl (C=O) groups is 3. The fraction of sp³-hybridized carbons (Fsp3) is 0.0588. The Labute approximate surface area is 352 Å². The van der Waals surface area contributed by atoms with Crippen LogP contribution in [0.1, 0.15) is 31.1 Å². The molecule has 0 saturated heterocycles. The second-order valence-corrected chi connectivity index (χ2v) is 14.6. The van der Waals surface area contributed by atoms with Gasteiger partial charge < -0.3 is 19.1 Å².